The summed E-state index contributed by atoms with van der Waals surface area (Å²) in [5.74, 6) is -0.691. The first-order chi connectivity index (χ1) is 9.10. The van der Waals surface area contributed by atoms with Crippen molar-refractivity contribution < 1.29 is 19.2 Å². The molecule has 0 aliphatic carbocycles. The van der Waals surface area contributed by atoms with Crippen molar-refractivity contribution in [3.05, 3.63) is 41.5 Å². The summed E-state index contributed by atoms with van der Waals surface area (Å²) >= 11 is 0. The Labute approximate surface area is 111 Å². The van der Waals surface area contributed by atoms with Crippen LogP contribution in [0, 0.1) is 0 Å². The molecule has 100 valence electrons. The molecular formula is C14H15NO4. The molecule has 0 heterocycles. The Kier molecular flexibility index (Phi) is 5.47. The van der Waals surface area contributed by atoms with E-state index in [0.29, 0.717) is 11.1 Å². The van der Waals surface area contributed by atoms with Gasteiger partial charge in [-0.2, -0.15) is 0 Å². The maximum atomic E-state index is 11.7. The molecule has 0 radical (unpaired) electrons. The first kappa shape index (κ1) is 14.6. The minimum atomic E-state index is -0.606. The maximum Gasteiger partial charge on any atom is 0.360 e. The smallest absolute Gasteiger partial charge is 0.360 e. The third-order valence-corrected chi connectivity index (χ3v) is 2.27. The van der Waals surface area contributed by atoms with E-state index in [9.17, 15) is 9.59 Å². The van der Waals surface area contributed by atoms with Crippen LogP contribution in [0.2, 0.25) is 0 Å². The molecule has 0 aromatic heterocycles. The van der Waals surface area contributed by atoms with Crippen molar-refractivity contribution in [2.75, 3.05) is 14.2 Å². The standard InChI is InChI=1S/C14H15NO4/c1-10(16)8-9-11-6-4-5-7-12(11)13(15-19-3)14(17)18-2/h4-9H,1-3H3/b9-8+,15-13?. The summed E-state index contributed by atoms with van der Waals surface area (Å²) in [5, 5.41) is 3.68. The molecule has 0 N–H and O–H groups in total. The van der Waals surface area contributed by atoms with Crippen molar-refractivity contribution in [1.29, 1.82) is 0 Å². The van der Waals surface area contributed by atoms with Crippen LogP contribution in [0.3, 0.4) is 0 Å². The number of ketones is 1. The highest BCUT2D eigenvalue weighted by Crippen LogP contribution is 2.13. The number of esters is 1. The summed E-state index contributed by atoms with van der Waals surface area (Å²) < 4.78 is 4.66. The monoisotopic (exact) mass is 261 g/mol. The second-order valence-electron chi connectivity index (χ2n) is 3.65. The molecule has 1 aromatic rings. The molecule has 0 bridgehead atoms. The zero-order valence-corrected chi connectivity index (χ0v) is 11.0. The van der Waals surface area contributed by atoms with Crippen LogP contribution in [0.15, 0.2) is 35.5 Å². The van der Waals surface area contributed by atoms with Gasteiger partial charge in [0.2, 0.25) is 0 Å². The molecule has 0 fully saturated rings. The first-order valence-corrected chi connectivity index (χ1v) is 5.57. The molecule has 0 spiro atoms. The molecule has 0 amide bonds. The lowest BCUT2D eigenvalue weighted by Crippen LogP contribution is -2.18. The molecule has 0 aliphatic rings. The summed E-state index contributed by atoms with van der Waals surface area (Å²) in [4.78, 5) is 27.3. The van der Waals surface area contributed by atoms with E-state index in [2.05, 4.69) is 14.7 Å². The van der Waals surface area contributed by atoms with Crippen molar-refractivity contribution in [2.24, 2.45) is 5.16 Å². The van der Waals surface area contributed by atoms with Crippen LogP contribution in [-0.2, 0) is 19.2 Å². The van der Waals surface area contributed by atoms with Gasteiger partial charge in [0.1, 0.15) is 7.11 Å². The van der Waals surface area contributed by atoms with Gasteiger partial charge in [-0.3, -0.25) is 4.79 Å². The summed E-state index contributed by atoms with van der Waals surface area (Å²) in [7, 11) is 2.61. The second kappa shape index (κ2) is 7.10. The Morgan fingerprint density at radius 2 is 1.89 bits per heavy atom. The van der Waals surface area contributed by atoms with Gasteiger partial charge in [-0.1, -0.05) is 35.5 Å². The van der Waals surface area contributed by atoms with E-state index >= 15 is 0 Å². The van der Waals surface area contributed by atoms with E-state index in [0.717, 1.165) is 0 Å². The van der Waals surface area contributed by atoms with Gasteiger partial charge >= 0.3 is 5.97 Å². The predicted octanol–water partition coefficient (Wildman–Crippen LogP) is 1.81. The number of ether oxygens (including phenoxy) is 1. The average molecular weight is 261 g/mol. The molecule has 0 aliphatic heterocycles. The lowest BCUT2D eigenvalue weighted by atomic mass is 10.0. The molecule has 0 unspecified atom stereocenters. The van der Waals surface area contributed by atoms with Crippen LogP contribution in [0.1, 0.15) is 18.1 Å². The summed E-state index contributed by atoms with van der Waals surface area (Å²) in [6, 6.07) is 7.02. The first-order valence-electron chi connectivity index (χ1n) is 5.57. The Bertz CT molecular complexity index is 532. The minimum absolute atomic E-state index is 0.0498. The summed E-state index contributed by atoms with van der Waals surface area (Å²) in [6.07, 6.45) is 3.03. The highest BCUT2D eigenvalue weighted by Gasteiger charge is 2.17. The normalized spacial score (nSPS) is 11.4. The third-order valence-electron chi connectivity index (χ3n) is 2.27. The van der Waals surface area contributed by atoms with E-state index in [4.69, 9.17) is 0 Å². The Morgan fingerprint density at radius 3 is 2.47 bits per heavy atom. The molecule has 5 heteroatoms. The number of hydrogen-bond acceptors (Lipinski definition) is 5. The molecule has 19 heavy (non-hydrogen) atoms. The van der Waals surface area contributed by atoms with Crippen LogP contribution < -0.4 is 0 Å². The lowest BCUT2D eigenvalue weighted by molar-refractivity contribution is -0.132. The van der Waals surface area contributed by atoms with Crippen molar-refractivity contribution >= 4 is 23.5 Å². The van der Waals surface area contributed by atoms with Crippen molar-refractivity contribution in [1.82, 2.24) is 0 Å². The number of rotatable bonds is 5. The van der Waals surface area contributed by atoms with E-state index in [1.54, 1.807) is 30.3 Å². The van der Waals surface area contributed by atoms with Crippen molar-refractivity contribution in [3.63, 3.8) is 0 Å². The zero-order chi connectivity index (χ0) is 14.3. The number of carbonyl (C=O) groups is 2. The third kappa shape index (κ3) is 4.06. The van der Waals surface area contributed by atoms with Crippen molar-refractivity contribution in [2.45, 2.75) is 6.92 Å². The topological polar surface area (TPSA) is 65.0 Å². The van der Waals surface area contributed by atoms with Gasteiger partial charge in [0, 0.05) is 5.56 Å². The number of allylic oxidation sites excluding steroid dienone is 1. The summed E-state index contributed by atoms with van der Waals surface area (Å²) in [5.41, 5.74) is 1.27. The molecule has 1 aromatic carbocycles. The van der Waals surface area contributed by atoms with Crippen LogP contribution in [0.5, 0.6) is 0 Å². The number of hydrogen-bond donors (Lipinski definition) is 0. The molecule has 0 atom stereocenters. The van der Waals surface area contributed by atoms with E-state index < -0.39 is 5.97 Å². The van der Waals surface area contributed by atoms with Gasteiger partial charge < -0.3 is 9.57 Å². The van der Waals surface area contributed by atoms with Crippen LogP contribution in [-0.4, -0.2) is 31.7 Å². The van der Waals surface area contributed by atoms with Gasteiger partial charge in [0.15, 0.2) is 11.5 Å². The minimum Gasteiger partial charge on any atom is -0.464 e. The maximum absolute atomic E-state index is 11.7. The molecule has 0 saturated heterocycles. The van der Waals surface area contributed by atoms with E-state index in [1.807, 2.05) is 0 Å². The Hall–Kier alpha value is -2.43. The number of nitrogens with zero attached hydrogens (tertiary/aromatic N) is 1. The van der Waals surface area contributed by atoms with Gasteiger partial charge in [0.25, 0.3) is 0 Å². The van der Waals surface area contributed by atoms with Gasteiger partial charge in [0.05, 0.1) is 7.11 Å². The average Bonchev–Trinajstić information content (AvgIpc) is 2.42. The Morgan fingerprint density at radius 1 is 1.21 bits per heavy atom. The molecule has 5 nitrogen and oxygen atoms in total. The van der Waals surface area contributed by atoms with Gasteiger partial charge in [-0.05, 0) is 18.6 Å². The fraction of sp³-hybridized carbons (Fsp3) is 0.214. The van der Waals surface area contributed by atoms with Gasteiger partial charge in [-0.15, -0.1) is 0 Å². The van der Waals surface area contributed by atoms with E-state index in [1.165, 1.54) is 27.2 Å². The van der Waals surface area contributed by atoms with Crippen LogP contribution >= 0.6 is 0 Å². The fourth-order valence-corrected chi connectivity index (χ4v) is 1.45. The summed E-state index contributed by atoms with van der Waals surface area (Å²) in [6.45, 7) is 1.45. The van der Waals surface area contributed by atoms with Crippen molar-refractivity contribution in [3.8, 4) is 0 Å². The SMILES string of the molecule is CON=C(C(=O)OC)c1ccccc1/C=C/C(C)=O. The molecule has 1 rings (SSSR count). The van der Waals surface area contributed by atoms with Gasteiger partial charge in [-0.25, -0.2) is 4.79 Å². The molecular weight excluding hydrogens is 246 g/mol. The number of benzene rings is 1. The quantitative estimate of drug-likeness (QED) is 0.351. The van der Waals surface area contributed by atoms with Crippen LogP contribution in [0.25, 0.3) is 6.08 Å². The number of methoxy groups -OCH3 is 1. The van der Waals surface area contributed by atoms with Crippen LogP contribution in [0.4, 0.5) is 0 Å². The lowest BCUT2D eigenvalue weighted by Gasteiger charge is -2.07. The Balaban J connectivity index is 3.28. The number of carbonyl (C=O) groups excluding carboxylic acids is 2. The van der Waals surface area contributed by atoms with E-state index in [-0.39, 0.29) is 11.5 Å². The number of oxime groups is 1. The zero-order valence-electron chi connectivity index (χ0n) is 11.0. The fourth-order valence-electron chi connectivity index (χ4n) is 1.45. The highest BCUT2D eigenvalue weighted by atomic mass is 16.6. The molecule has 0 saturated carbocycles. The highest BCUT2D eigenvalue weighted by molar-refractivity contribution is 6.43. The largest absolute Gasteiger partial charge is 0.464 e. The predicted molar refractivity (Wildman–Crippen MR) is 71.7 cm³/mol. The second-order valence-corrected chi connectivity index (χ2v) is 3.65.